The highest BCUT2D eigenvalue weighted by Gasteiger charge is 1.96. The van der Waals surface area contributed by atoms with Gasteiger partial charge in [0, 0.05) is 5.56 Å². The zero-order chi connectivity index (χ0) is 9.68. The van der Waals surface area contributed by atoms with Crippen LogP contribution in [0.25, 0.3) is 6.08 Å². The molecule has 1 nitrogen and oxygen atoms in total. The Morgan fingerprint density at radius 1 is 1.31 bits per heavy atom. The molecule has 68 valence electrons. The van der Waals surface area contributed by atoms with Crippen LogP contribution in [-0.4, -0.2) is 5.78 Å². The second kappa shape index (κ2) is 4.61. The molecular weight excluding hydrogens is 160 g/mol. The van der Waals surface area contributed by atoms with Gasteiger partial charge in [-0.15, -0.1) is 0 Å². The van der Waals surface area contributed by atoms with E-state index in [1.54, 1.807) is 6.92 Å². The van der Waals surface area contributed by atoms with Gasteiger partial charge in [0.2, 0.25) is 0 Å². The van der Waals surface area contributed by atoms with Crippen molar-refractivity contribution in [1.82, 2.24) is 0 Å². The molecule has 0 spiro atoms. The van der Waals surface area contributed by atoms with Gasteiger partial charge in [0.15, 0.2) is 5.78 Å². The highest BCUT2D eigenvalue weighted by atomic mass is 16.1. The minimum absolute atomic E-state index is 0.117. The molecule has 0 atom stereocenters. The van der Waals surface area contributed by atoms with Crippen molar-refractivity contribution in [2.24, 2.45) is 0 Å². The maximum Gasteiger partial charge on any atom is 0.159 e. The molecule has 0 unspecified atom stereocenters. The second-order valence-corrected chi connectivity index (χ2v) is 2.99. The van der Waals surface area contributed by atoms with E-state index in [0.717, 1.165) is 17.5 Å². The highest BCUT2D eigenvalue weighted by Crippen LogP contribution is 2.06. The Kier molecular flexibility index (Phi) is 3.44. The van der Waals surface area contributed by atoms with E-state index in [1.807, 2.05) is 24.3 Å². The summed E-state index contributed by atoms with van der Waals surface area (Å²) in [5.41, 5.74) is 1.92. The predicted octanol–water partition coefficient (Wildman–Crippen LogP) is 3.31. The summed E-state index contributed by atoms with van der Waals surface area (Å²) in [7, 11) is 0. The summed E-state index contributed by atoms with van der Waals surface area (Å²) < 4.78 is 0. The summed E-state index contributed by atoms with van der Waals surface area (Å²) in [6.45, 7) is 3.68. The van der Waals surface area contributed by atoms with Crippen molar-refractivity contribution < 1.29 is 4.79 Å². The van der Waals surface area contributed by atoms with Crippen LogP contribution in [0.2, 0.25) is 0 Å². The summed E-state index contributed by atoms with van der Waals surface area (Å²) in [5.74, 6) is 0.117. The van der Waals surface area contributed by atoms with Crippen molar-refractivity contribution in [3.05, 3.63) is 41.5 Å². The molecule has 0 N–H and O–H groups in total. The molecule has 1 aromatic carbocycles. The number of Topliss-reactive ketones (excluding diaryl/α,β-unsaturated/α-hetero) is 1. The molecule has 0 aromatic heterocycles. The highest BCUT2D eigenvalue weighted by molar-refractivity contribution is 5.94. The molecule has 0 aliphatic heterocycles. The van der Waals surface area contributed by atoms with Crippen LogP contribution in [0.4, 0.5) is 0 Å². The number of hydrogen-bond acceptors (Lipinski definition) is 1. The SMILES string of the molecule is CCC=Cc1ccc(C(C)=O)cc1. The fourth-order valence-electron chi connectivity index (χ4n) is 1.08. The molecule has 0 amide bonds. The quantitative estimate of drug-likeness (QED) is 0.642. The Hall–Kier alpha value is -1.37. The largest absolute Gasteiger partial charge is 0.295 e. The van der Waals surface area contributed by atoms with Crippen LogP contribution in [0.5, 0.6) is 0 Å². The third-order valence-corrected chi connectivity index (χ3v) is 1.86. The van der Waals surface area contributed by atoms with Crippen molar-refractivity contribution in [3.8, 4) is 0 Å². The van der Waals surface area contributed by atoms with Crippen LogP contribution in [0.1, 0.15) is 36.2 Å². The molecule has 1 heteroatoms. The molecule has 0 saturated carbocycles. The second-order valence-electron chi connectivity index (χ2n) is 2.99. The molecule has 1 rings (SSSR count). The van der Waals surface area contributed by atoms with Gasteiger partial charge in [-0.05, 0) is 18.9 Å². The molecule has 1 aromatic rings. The van der Waals surface area contributed by atoms with E-state index in [2.05, 4.69) is 19.1 Å². The number of allylic oxidation sites excluding steroid dienone is 1. The third kappa shape index (κ3) is 2.86. The number of rotatable bonds is 3. The minimum atomic E-state index is 0.117. The molecule has 0 aliphatic rings. The predicted molar refractivity (Wildman–Crippen MR) is 55.8 cm³/mol. The molecule has 0 fully saturated rings. The van der Waals surface area contributed by atoms with Gasteiger partial charge in [-0.2, -0.15) is 0 Å². The van der Waals surface area contributed by atoms with Gasteiger partial charge in [-0.1, -0.05) is 43.3 Å². The lowest BCUT2D eigenvalue weighted by molar-refractivity contribution is 0.101. The molecule has 0 radical (unpaired) electrons. The molecule has 0 bridgehead atoms. The van der Waals surface area contributed by atoms with Crippen molar-refractivity contribution >= 4 is 11.9 Å². The lowest BCUT2D eigenvalue weighted by atomic mass is 10.1. The first-order valence-corrected chi connectivity index (χ1v) is 4.51. The third-order valence-electron chi connectivity index (χ3n) is 1.86. The average Bonchev–Trinajstić information content (AvgIpc) is 2.15. The van der Waals surface area contributed by atoms with Crippen LogP contribution in [-0.2, 0) is 0 Å². The first-order chi connectivity index (χ1) is 6.24. The smallest absolute Gasteiger partial charge is 0.159 e. The Labute approximate surface area is 79.1 Å². The van der Waals surface area contributed by atoms with Crippen molar-refractivity contribution in [3.63, 3.8) is 0 Å². The van der Waals surface area contributed by atoms with Crippen LogP contribution in [0.3, 0.4) is 0 Å². The topological polar surface area (TPSA) is 17.1 Å². The fraction of sp³-hybridized carbons (Fsp3) is 0.250. The van der Waals surface area contributed by atoms with E-state index in [9.17, 15) is 4.79 Å². The van der Waals surface area contributed by atoms with Crippen LogP contribution in [0, 0.1) is 0 Å². The zero-order valence-electron chi connectivity index (χ0n) is 8.08. The maximum absolute atomic E-state index is 11.0. The summed E-state index contributed by atoms with van der Waals surface area (Å²) in [6, 6.07) is 7.64. The van der Waals surface area contributed by atoms with E-state index < -0.39 is 0 Å². The van der Waals surface area contributed by atoms with Gasteiger partial charge in [0.1, 0.15) is 0 Å². The van der Waals surface area contributed by atoms with E-state index in [0.29, 0.717) is 0 Å². The Bertz CT molecular complexity index is 306. The fourth-order valence-corrected chi connectivity index (χ4v) is 1.08. The summed E-state index contributed by atoms with van der Waals surface area (Å²) in [4.78, 5) is 11.0. The first kappa shape index (κ1) is 9.72. The number of benzene rings is 1. The Balaban J connectivity index is 2.81. The van der Waals surface area contributed by atoms with E-state index in [1.165, 1.54) is 0 Å². The normalized spacial score (nSPS) is 10.6. The first-order valence-electron chi connectivity index (χ1n) is 4.51. The lowest BCUT2D eigenvalue weighted by Crippen LogP contribution is -1.90. The van der Waals surface area contributed by atoms with E-state index in [-0.39, 0.29) is 5.78 Å². The Morgan fingerprint density at radius 2 is 1.92 bits per heavy atom. The number of hydrogen-bond donors (Lipinski definition) is 0. The van der Waals surface area contributed by atoms with Crippen LogP contribution < -0.4 is 0 Å². The molecule has 13 heavy (non-hydrogen) atoms. The summed E-state index contributed by atoms with van der Waals surface area (Å²) >= 11 is 0. The van der Waals surface area contributed by atoms with Gasteiger partial charge in [-0.3, -0.25) is 4.79 Å². The molecular formula is C12H14O. The van der Waals surface area contributed by atoms with Crippen molar-refractivity contribution in [1.29, 1.82) is 0 Å². The van der Waals surface area contributed by atoms with E-state index >= 15 is 0 Å². The van der Waals surface area contributed by atoms with Gasteiger partial charge >= 0.3 is 0 Å². The summed E-state index contributed by atoms with van der Waals surface area (Å²) in [5, 5.41) is 0. The van der Waals surface area contributed by atoms with E-state index in [4.69, 9.17) is 0 Å². The number of carbonyl (C=O) groups excluding carboxylic acids is 1. The van der Waals surface area contributed by atoms with Gasteiger partial charge in [-0.25, -0.2) is 0 Å². The Morgan fingerprint density at radius 3 is 2.38 bits per heavy atom. The van der Waals surface area contributed by atoms with Crippen molar-refractivity contribution in [2.75, 3.05) is 0 Å². The van der Waals surface area contributed by atoms with Gasteiger partial charge in [0.25, 0.3) is 0 Å². The standard InChI is InChI=1S/C12H14O/c1-3-4-5-11-6-8-12(9-7-11)10(2)13/h4-9H,3H2,1-2H3. The lowest BCUT2D eigenvalue weighted by Gasteiger charge is -1.96. The monoisotopic (exact) mass is 174 g/mol. The number of carbonyl (C=O) groups is 1. The van der Waals surface area contributed by atoms with Gasteiger partial charge < -0.3 is 0 Å². The molecule has 0 aliphatic carbocycles. The minimum Gasteiger partial charge on any atom is -0.295 e. The average molecular weight is 174 g/mol. The summed E-state index contributed by atoms with van der Waals surface area (Å²) in [6.07, 6.45) is 5.20. The van der Waals surface area contributed by atoms with Gasteiger partial charge in [0.05, 0.1) is 0 Å². The molecule has 0 saturated heterocycles. The van der Waals surface area contributed by atoms with Crippen LogP contribution in [0.15, 0.2) is 30.3 Å². The molecule has 0 heterocycles. The van der Waals surface area contributed by atoms with Crippen LogP contribution >= 0.6 is 0 Å². The zero-order valence-corrected chi connectivity index (χ0v) is 8.08. The van der Waals surface area contributed by atoms with Crippen molar-refractivity contribution in [2.45, 2.75) is 20.3 Å². The number of ketones is 1. The maximum atomic E-state index is 11.0.